The summed E-state index contributed by atoms with van der Waals surface area (Å²) >= 11 is 0. The number of likely N-dealkylation sites (tertiary alicyclic amines) is 1. The summed E-state index contributed by atoms with van der Waals surface area (Å²) in [6.07, 6.45) is 2.24. The number of aliphatic hydroxyl groups is 1. The first-order valence-electron chi connectivity index (χ1n) is 12.3. The van der Waals surface area contributed by atoms with Crippen LogP contribution in [0.25, 0.3) is 16.7 Å². The van der Waals surface area contributed by atoms with Crippen molar-refractivity contribution in [1.82, 2.24) is 9.88 Å². The lowest BCUT2D eigenvalue weighted by Gasteiger charge is -2.25. The van der Waals surface area contributed by atoms with Gasteiger partial charge in [-0.05, 0) is 67.4 Å². The Kier molecular flexibility index (Phi) is 6.87. The molecule has 0 spiro atoms. The van der Waals surface area contributed by atoms with E-state index in [2.05, 4.69) is 4.98 Å². The molecule has 2 heterocycles. The van der Waals surface area contributed by atoms with Gasteiger partial charge in [-0.3, -0.25) is 9.59 Å². The number of amides is 1. The Labute approximate surface area is 219 Å². The number of carbonyl (C=O) groups excluding carboxylic acids is 2. The number of H-pyrrole nitrogens is 1. The average molecular weight is 515 g/mol. The molecule has 1 atom stereocenters. The van der Waals surface area contributed by atoms with Crippen molar-refractivity contribution in [2.24, 2.45) is 0 Å². The molecule has 0 radical (unpaired) electrons. The summed E-state index contributed by atoms with van der Waals surface area (Å²) in [5.74, 6) is -1.28. The maximum Gasteiger partial charge on any atom is 0.295 e. The van der Waals surface area contributed by atoms with Gasteiger partial charge in [0.25, 0.3) is 11.7 Å². The van der Waals surface area contributed by atoms with Gasteiger partial charge < -0.3 is 24.5 Å². The molecule has 1 saturated heterocycles. The fraction of sp³-hybridized carbons (Fsp3) is 0.200. The van der Waals surface area contributed by atoms with Gasteiger partial charge >= 0.3 is 0 Å². The van der Waals surface area contributed by atoms with Gasteiger partial charge in [-0.1, -0.05) is 18.2 Å². The predicted molar refractivity (Wildman–Crippen MR) is 142 cm³/mol. The first-order valence-corrected chi connectivity index (χ1v) is 12.3. The highest BCUT2D eigenvalue weighted by Crippen LogP contribution is 2.40. The van der Waals surface area contributed by atoms with Gasteiger partial charge in [-0.2, -0.15) is 0 Å². The number of fused-ring (bicyclic) bond motifs is 1. The molecule has 4 aromatic rings. The molecule has 8 heteroatoms. The molecule has 3 aromatic carbocycles. The molecular weight excluding hydrogens is 487 g/mol. The molecule has 7 nitrogen and oxygen atoms in total. The van der Waals surface area contributed by atoms with Crippen molar-refractivity contribution < 1.29 is 28.6 Å². The van der Waals surface area contributed by atoms with Crippen molar-refractivity contribution in [2.75, 3.05) is 20.3 Å². The van der Waals surface area contributed by atoms with E-state index in [0.717, 1.165) is 16.5 Å². The number of carbonyl (C=O) groups is 2. The zero-order valence-corrected chi connectivity index (χ0v) is 21.0. The van der Waals surface area contributed by atoms with Crippen molar-refractivity contribution >= 4 is 28.4 Å². The molecule has 1 aromatic heterocycles. The number of aromatic amines is 1. The van der Waals surface area contributed by atoms with Gasteiger partial charge in [0, 0.05) is 34.8 Å². The van der Waals surface area contributed by atoms with Crippen LogP contribution in [0.1, 0.15) is 29.7 Å². The third-order valence-electron chi connectivity index (χ3n) is 6.78. The standard InChI is InChI=1S/C30H27FN2O5/c1-3-38-20-10-8-18(9-11-20)28(34)26-27(22-6-4-5-7-24(22)31)33(30(36)29(26)35)15-14-19-17-32-25-13-12-21(37-2)16-23(19)25/h4-13,16-17,27,32,34H,3,14-15H2,1-2H3/t27-/m0/s1. The minimum absolute atomic E-state index is 0.133. The van der Waals surface area contributed by atoms with Crippen LogP contribution in [-0.2, 0) is 16.0 Å². The van der Waals surface area contributed by atoms with Crippen LogP contribution in [0.15, 0.2) is 78.5 Å². The molecule has 2 N–H and O–H groups in total. The van der Waals surface area contributed by atoms with E-state index in [1.807, 2.05) is 31.3 Å². The molecule has 38 heavy (non-hydrogen) atoms. The van der Waals surface area contributed by atoms with E-state index in [1.165, 1.54) is 23.1 Å². The summed E-state index contributed by atoms with van der Waals surface area (Å²) in [4.78, 5) is 31.1. The second kappa shape index (κ2) is 10.4. The van der Waals surface area contributed by atoms with Crippen LogP contribution >= 0.6 is 0 Å². The number of hydrogen-bond donors (Lipinski definition) is 2. The van der Waals surface area contributed by atoms with Gasteiger partial charge in [0.05, 0.1) is 25.3 Å². The first kappa shape index (κ1) is 25.1. The number of nitrogens with one attached hydrogen (secondary N) is 1. The maximum atomic E-state index is 15.1. The number of rotatable bonds is 8. The van der Waals surface area contributed by atoms with Crippen LogP contribution in [0, 0.1) is 5.82 Å². The molecule has 5 rings (SSSR count). The second-order valence-electron chi connectivity index (χ2n) is 8.95. The highest BCUT2D eigenvalue weighted by Gasteiger charge is 2.46. The van der Waals surface area contributed by atoms with Gasteiger partial charge in [-0.25, -0.2) is 4.39 Å². The number of ketones is 1. The van der Waals surface area contributed by atoms with Crippen molar-refractivity contribution in [3.8, 4) is 11.5 Å². The Balaban J connectivity index is 1.54. The van der Waals surface area contributed by atoms with E-state index >= 15 is 4.39 Å². The van der Waals surface area contributed by atoms with Crippen molar-refractivity contribution in [2.45, 2.75) is 19.4 Å². The number of Topliss-reactive ketones (excluding diaryl/α,β-unsaturated/α-hetero) is 1. The van der Waals surface area contributed by atoms with Crippen LogP contribution in [0.2, 0.25) is 0 Å². The van der Waals surface area contributed by atoms with E-state index in [4.69, 9.17) is 9.47 Å². The third-order valence-corrected chi connectivity index (χ3v) is 6.78. The topological polar surface area (TPSA) is 91.9 Å². The summed E-state index contributed by atoms with van der Waals surface area (Å²) in [5.41, 5.74) is 2.14. The molecule has 0 unspecified atom stereocenters. The van der Waals surface area contributed by atoms with Crippen LogP contribution in [0.4, 0.5) is 4.39 Å². The first-order chi connectivity index (χ1) is 18.4. The lowest BCUT2D eigenvalue weighted by Crippen LogP contribution is -2.32. The van der Waals surface area contributed by atoms with Gasteiger partial charge in [0.2, 0.25) is 0 Å². The van der Waals surface area contributed by atoms with Crippen molar-refractivity contribution in [1.29, 1.82) is 0 Å². The van der Waals surface area contributed by atoms with Gasteiger partial charge in [-0.15, -0.1) is 0 Å². The Bertz CT molecular complexity index is 1540. The smallest absolute Gasteiger partial charge is 0.295 e. The zero-order chi connectivity index (χ0) is 26.8. The quantitative estimate of drug-likeness (QED) is 0.187. The van der Waals surface area contributed by atoms with Crippen molar-refractivity contribution in [3.05, 3.63) is 101 Å². The summed E-state index contributed by atoms with van der Waals surface area (Å²) in [6.45, 7) is 2.47. The Morgan fingerprint density at radius 1 is 1.05 bits per heavy atom. The number of hydrogen-bond acceptors (Lipinski definition) is 5. The van der Waals surface area contributed by atoms with E-state index < -0.39 is 23.5 Å². The van der Waals surface area contributed by atoms with Crippen molar-refractivity contribution in [3.63, 3.8) is 0 Å². The number of aromatic nitrogens is 1. The zero-order valence-electron chi connectivity index (χ0n) is 21.0. The Morgan fingerprint density at radius 3 is 2.50 bits per heavy atom. The average Bonchev–Trinajstić information content (AvgIpc) is 3.45. The fourth-order valence-corrected chi connectivity index (χ4v) is 4.89. The van der Waals surface area contributed by atoms with E-state index in [1.54, 1.807) is 37.4 Å². The Hall–Kier alpha value is -4.59. The lowest BCUT2D eigenvalue weighted by molar-refractivity contribution is -0.139. The van der Waals surface area contributed by atoms with Crippen LogP contribution in [-0.4, -0.2) is 46.9 Å². The number of ether oxygens (including phenoxy) is 2. The number of nitrogens with zero attached hydrogens (tertiary/aromatic N) is 1. The highest BCUT2D eigenvalue weighted by molar-refractivity contribution is 6.46. The Morgan fingerprint density at radius 2 is 1.79 bits per heavy atom. The van der Waals surface area contributed by atoms with Gasteiger partial charge in [0.1, 0.15) is 23.1 Å². The fourth-order valence-electron chi connectivity index (χ4n) is 4.89. The van der Waals surface area contributed by atoms with Crippen LogP contribution in [0.3, 0.4) is 0 Å². The SMILES string of the molecule is CCOc1ccc(C(O)=C2C(=O)C(=O)N(CCc3c[nH]c4ccc(OC)cc34)[C@H]2c2ccccc2F)cc1. The molecule has 0 saturated carbocycles. The minimum atomic E-state index is -1.08. The maximum absolute atomic E-state index is 15.1. The monoisotopic (exact) mass is 514 g/mol. The summed E-state index contributed by atoms with van der Waals surface area (Å²) in [7, 11) is 1.59. The van der Waals surface area contributed by atoms with Crippen LogP contribution < -0.4 is 9.47 Å². The minimum Gasteiger partial charge on any atom is -0.507 e. The second-order valence-corrected chi connectivity index (χ2v) is 8.95. The largest absolute Gasteiger partial charge is 0.507 e. The van der Waals surface area contributed by atoms with E-state index in [0.29, 0.717) is 30.1 Å². The molecular formula is C30H27FN2O5. The third kappa shape index (κ3) is 4.49. The molecule has 1 aliphatic rings. The van der Waals surface area contributed by atoms with Gasteiger partial charge in [0.15, 0.2) is 0 Å². The van der Waals surface area contributed by atoms with Crippen LogP contribution in [0.5, 0.6) is 11.5 Å². The number of methoxy groups -OCH3 is 1. The number of aliphatic hydroxyl groups excluding tert-OH is 1. The molecule has 0 bridgehead atoms. The van der Waals surface area contributed by atoms with E-state index in [9.17, 15) is 14.7 Å². The number of halogens is 1. The molecule has 1 fully saturated rings. The summed E-state index contributed by atoms with van der Waals surface area (Å²) in [5, 5.41) is 12.1. The summed E-state index contributed by atoms with van der Waals surface area (Å²) in [6, 6.07) is 17.1. The normalized spacial score (nSPS) is 16.8. The van der Waals surface area contributed by atoms with E-state index in [-0.39, 0.29) is 23.4 Å². The molecule has 1 aliphatic heterocycles. The lowest BCUT2D eigenvalue weighted by atomic mass is 9.94. The molecule has 1 amide bonds. The number of benzene rings is 3. The molecule has 0 aliphatic carbocycles. The predicted octanol–water partition coefficient (Wildman–Crippen LogP) is 5.38. The summed E-state index contributed by atoms with van der Waals surface area (Å²) < 4.78 is 25.9. The molecule has 194 valence electrons. The highest BCUT2D eigenvalue weighted by atomic mass is 19.1.